The molecule has 1 saturated heterocycles. The normalized spacial score (nSPS) is 22.2. The summed E-state index contributed by atoms with van der Waals surface area (Å²) in [5, 5.41) is 2.21. The van der Waals surface area contributed by atoms with Crippen molar-refractivity contribution in [3.8, 4) is 0 Å². The molecule has 4 atom stereocenters. The summed E-state index contributed by atoms with van der Waals surface area (Å²) in [7, 11) is -4.95. The summed E-state index contributed by atoms with van der Waals surface area (Å²) >= 11 is 0. The molecule has 0 bridgehead atoms. The lowest BCUT2D eigenvalue weighted by Gasteiger charge is -2.16. The highest BCUT2D eigenvalue weighted by atomic mass is 32.2. The smallest absolute Gasteiger partial charge is 0.308 e. The first kappa shape index (κ1) is 21.4. The van der Waals surface area contributed by atoms with Crippen LogP contribution in [0.15, 0.2) is 71.6 Å². The van der Waals surface area contributed by atoms with Crippen molar-refractivity contribution < 1.29 is 17.8 Å². The Balaban J connectivity index is 1.75. The molecule has 0 aromatic heterocycles. The van der Waals surface area contributed by atoms with Gasteiger partial charge in [-0.25, -0.2) is 4.21 Å². The van der Waals surface area contributed by atoms with E-state index in [9.17, 15) is 8.77 Å². The zero-order chi connectivity index (χ0) is 21.3. The number of hydrogen-bond acceptors (Lipinski definition) is 4. The molecule has 0 amide bonds. The predicted octanol–water partition coefficient (Wildman–Crippen LogP) is 5.82. The van der Waals surface area contributed by atoms with E-state index in [1.807, 2.05) is 61.5 Å². The van der Waals surface area contributed by atoms with E-state index in [0.29, 0.717) is 4.90 Å². The highest BCUT2D eigenvalue weighted by Gasteiger charge is 2.64. The molecule has 3 aromatic rings. The van der Waals surface area contributed by atoms with E-state index in [4.69, 9.17) is 9.05 Å². The van der Waals surface area contributed by atoms with Gasteiger partial charge >= 0.3 is 7.60 Å². The molecule has 1 aliphatic rings. The van der Waals surface area contributed by atoms with E-state index < -0.39 is 24.4 Å². The van der Waals surface area contributed by atoms with E-state index in [0.717, 1.165) is 21.9 Å². The minimum Gasteiger partial charge on any atom is -0.308 e. The van der Waals surface area contributed by atoms with Crippen molar-refractivity contribution in [1.82, 2.24) is 4.31 Å². The first-order valence-corrected chi connectivity index (χ1v) is 12.8. The number of fused-ring (bicyclic) bond motifs is 1. The summed E-state index contributed by atoms with van der Waals surface area (Å²) in [5.74, 6) is -0.583. The van der Waals surface area contributed by atoms with Crippen molar-refractivity contribution in [2.24, 2.45) is 0 Å². The Hall–Kier alpha value is -1.82. The van der Waals surface area contributed by atoms with Crippen LogP contribution in [0.5, 0.6) is 0 Å². The van der Waals surface area contributed by atoms with Crippen LogP contribution in [0.3, 0.4) is 0 Å². The molecular formula is C23H26NO4PS. The van der Waals surface area contributed by atoms with Crippen LogP contribution in [0.2, 0.25) is 0 Å². The largest absolute Gasteiger partial charge is 0.350 e. The van der Waals surface area contributed by atoms with Crippen molar-refractivity contribution >= 4 is 29.4 Å². The molecule has 0 radical (unpaired) electrons. The Morgan fingerprint density at radius 2 is 1.57 bits per heavy atom. The van der Waals surface area contributed by atoms with Gasteiger partial charge in [0.15, 0.2) is 0 Å². The van der Waals surface area contributed by atoms with Crippen LogP contribution in [-0.4, -0.2) is 27.5 Å². The molecule has 0 saturated carbocycles. The van der Waals surface area contributed by atoms with Crippen LogP contribution in [0.1, 0.15) is 31.0 Å². The lowest BCUT2D eigenvalue weighted by molar-refractivity contribution is 0.216. The monoisotopic (exact) mass is 443 g/mol. The van der Waals surface area contributed by atoms with Crippen LogP contribution >= 0.6 is 7.60 Å². The molecule has 1 aliphatic heterocycles. The van der Waals surface area contributed by atoms with Crippen molar-refractivity contribution in [2.75, 3.05) is 13.2 Å². The fourth-order valence-electron chi connectivity index (χ4n) is 3.75. The predicted molar refractivity (Wildman–Crippen MR) is 121 cm³/mol. The first-order valence-electron chi connectivity index (χ1n) is 10.1. The minimum absolute atomic E-state index is 0.267. The zero-order valence-electron chi connectivity index (χ0n) is 17.4. The van der Waals surface area contributed by atoms with Gasteiger partial charge in [0, 0.05) is 0 Å². The second kappa shape index (κ2) is 8.74. The molecule has 4 rings (SSSR count). The number of rotatable bonds is 8. The summed E-state index contributed by atoms with van der Waals surface area (Å²) < 4.78 is 40.0. The topological polar surface area (TPSA) is 55.6 Å². The average Bonchev–Trinajstić information content (AvgIpc) is 3.50. The number of benzene rings is 3. The summed E-state index contributed by atoms with van der Waals surface area (Å²) in [6.07, 6.45) is 0. The molecule has 0 aliphatic carbocycles. The fraction of sp³-hybridized carbons (Fsp3) is 0.304. The molecule has 1 fully saturated rings. The summed E-state index contributed by atoms with van der Waals surface area (Å²) in [6.45, 7) is 6.11. The lowest BCUT2D eigenvalue weighted by Crippen LogP contribution is -2.10. The van der Waals surface area contributed by atoms with Gasteiger partial charge in [-0.05, 0) is 55.3 Å². The van der Waals surface area contributed by atoms with Gasteiger partial charge in [0.25, 0.3) is 0 Å². The Bertz CT molecular complexity index is 1110. The molecule has 158 valence electrons. The van der Waals surface area contributed by atoms with Crippen LogP contribution in [0, 0.1) is 6.92 Å². The number of aryl methyl sites for hydroxylation is 1. The first-order chi connectivity index (χ1) is 14.5. The van der Waals surface area contributed by atoms with E-state index in [2.05, 4.69) is 12.1 Å². The molecule has 7 heteroatoms. The SMILES string of the molecule is CCOP(=O)(OCC)[C@H]1[C@@H](c2ccc3ccccc3c2)N1S(=O)c1ccc(C)cc1. The maximum absolute atomic E-state index is 13.6. The Kier molecular flexibility index (Phi) is 6.24. The van der Waals surface area contributed by atoms with Gasteiger partial charge in [0.1, 0.15) is 16.8 Å². The second-order valence-electron chi connectivity index (χ2n) is 7.26. The number of nitrogens with zero attached hydrogens (tertiary/aromatic N) is 1. The van der Waals surface area contributed by atoms with Crippen LogP contribution in [0.25, 0.3) is 10.8 Å². The molecule has 3 aromatic carbocycles. The molecule has 5 nitrogen and oxygen atoms in total. The molecule has 1 heterocycles. The van der Waals surface area contributed by atoms with Gasteiger partial charge in [-0.3, -0.25) is 4.57 Å². The van der Waals surface area contributed by atoms with E-state index in [1.54, 1.807) is 18.2 Å². The average molecular weight is 444 g/mol. The molecular weight excluding hydrogens is 417 g/mol. The standard InChI is InChI=1S/C23H26NO4PS/c1-4-27-29(25,28-5-2)23-22(20-13-12-18-8-6-7-9-19(18)16-20)24(23)30(26)21-14-10-17(3)11-15-21/h6-16,22-23H,4-5H2,1-3H3/t22-,23+,24?,30?/m1/s1. The van der Waals surface area contributed by atoms with Gasteiger partial charge < -0.3 is 9.05 Å². The van der Waals surface area contributed by atoms with Crippen molar-refractivity contribution in [3.05, 3.63) is 77.9 Å². The minimum atomic E-state index is -3.47. The third kappa shape index (κ3) is 4.03. The van der Waals surface area contributed by atoms with E-state index in [1.165, 1.54) is 0 Å². The summed E-state index contributed by atoms with van der Waals surface area (Å²) in [5.41, 5.74) is 2.05. The molecule has 0 N–H and O–H groups in total. The Morgan fingerprint density at radius 3 is 2.20 bits per heavy atom. The maximum Gasteiger partial charge on any atom is 0.350 e. The lowest BCUT2D eigenvalue weighted by atomic mass is 10.1. The van der Waals surface area contributed by atoms with Crippen LogP contribution in [-0.2, 0) is 24.6 Å². The zero-order valence-corrected chi connectivity index (χ0v) is 19.1. The molecule has 30 heavy (non-hydrogen) atoms. The van der Waals surface area contributed by atoms with Gasteiger partial charge in [0.2, 0.25) is 0 Å². The van der Waals surface area contributed by atoms with Crippen molar-refractivity contribution in [3.63, 3.8) is 0 Å². The van der Waals surface area contributed by atoms with Crippen LogP contribution in [0.4, 0.5) is 0 Å². The highest BCUT2D eigenvalue weighted by molar-refractivity contribution is 7.83. The maximum atomic E-state index is 13.6. The van der Waals surface area contributed by atoms with Gasteiger partial charge in [-0.2, -0.15) is 4.31 Å². The van der Waals surface area contributed by atoms with E-state index >= 15 is 0 Å². The summed E-state index contributed by atoms with van der Waals surface area (Å²) in [4.78, 5) is 0.674. The highest BCUT2D eigenvalue weighted by Crippen LogP contribution is 2.69. The number of hydrogen-bond donors (Lipinski definition) is 0. The molecule has 0 spiro atoms. The van der Waals surface area contributed by atoms with Gasteiger partial charge in [-0.1, -0.05) is 54.1 Å². The second-order valence-corrected chi connectivity index (χ2v) is 10.8. The van der Waals surface area contributed by atoms with Crippen molar-refractivity contribution in [2.45, 2.75) is 37.5 Å². The van der Waals surface area contributed by atoms with E-state index in [-0.39, 0.29) is 19.3 Å². The van der Waals surface area contributed by atoms with Gasteiger partial charge in [-0.15, -0.1) is 0 Å². The van der Waals surface area contributed by atoms with Crippen LogP contribution < -0.4 is 0 Å². The van der Waals surface area contributed by atoms with Crippen molar-refractivity contribution in [1.29, 1.82) is 0 Å². The third-order valence-corrected chi connectivity index (χ3v) is 9.28. The fourth-order valence-corrected chi connectivity index (χ4v) is 7.86. The molecule has 2 unspecified atom stereocenters. The Labute approximate surface area is 180 Å². The Morgan fingerprint density at radius 1 is 0.933 bits per heavy atom. The third-order valence-electron chi connectivity index (χ3n) is 5.20. The quantitative estimate of drug-likeness (QED) is 0.325. The van der Waals surface area contributed by atoms with Gasteiger partial charge in [0.05, 0.1) is 24.2 Å². The summed E-state index contributed by atoms with van der Waals surface area (Å²) in [6, 6.07) is 21.5.